The molecular formula is C18H19IN2O7S. The summed E-state index contributed by atoms with van der Waals surface area (Å²) in [6, 6.07) is 6.44. The number of sulfonamides is 1. The largest absolute Gasteiger partial charge is 0.496 e. The number of rotatable bonds is 8. The Hall–Kier alpha value is -2.25. The van der Waals surface area contributed by atoms with Gasteiger partial charge in [0.15, 0.2) is 16.3 Å². The Morgan fingerprint density at radius 3 is 2.24 bits per heavy atom. The Balaban J connectivity index is 2.15. The summed E-state index contributed by atoms with van der Waals surface area (Å²) >= 11 is 2.09. The van der Waals surface area contributed by atoms with Crippen LogP contribution in [0, 0.1) is 3.57 Å². The van der Waals surface area contributed by atoms with Crippen molar-refractivity contribution in [2.75, 3.05) is 33.2 Å². The average molecular weight is 534 g/mol. The Bertz CT molecular complexity index is 1120. The van der Waals surface area contributed by atoms with Crippen LogP contribution >= 0.6 is 22.6 Å². The van der Waals surface area contributed by atoms with Crippen molar-refractivity contribution >= 4 is 49.4 Å². The zero-order chi connectivity index (χ0) is 21.2. The molecule has 11 heteroatoms. The van der Waals surface area contributed by atoms with E-state index in [-0.39, 0.29) is 22.2 Å². The Kier molecular flexibility index (Phi) is 6.39. The van der Waals surface area contributed by atoms with Crippen LogP contribution in [0.3, 0.4) is 0 Å². The summed E-state index contributed by atoms with van der Waals surface area (Å²) in [4.78, 5) is -0.147. The van der Waals surface area contributed by atoms with Crippen LogP contribution in [0.1, 0.15) is 5.56 Å². The van der Waals surface area contributed by atoms with Gasteiger partial charge in [0.2, 0.25) is 0 Å². The molecule has 1 aromatic heterocycles. The number of benzene rings is 2. The molecule has 1 N–H and O–H groups in total. The van der Waals surface area contributed by atoms with E-state index < -0.39 is 10.0 Å². The monoisotopic (exact) mass is 534 g/mol. The summed E-state index contributed by atoms with van der Waals surface area (Å²) in [5.74, 6) is 0.659. The molecule has 0 amide bonds. The molecular weight excluding hydrogens is 515 g/mol. The molecule has 0 saturated heterocycles. The van der Waals surface area contributed by atoms with Crippen LogP contribution in [0.4, 0.5) is 5.82 Å². The fourth-order valence-electron chi connectivity index (χ4n) is 2.86. The van der Waals surface area contributed by atoms with Crippen molar-refractivity contribution in [2.24, 2.45) is 0 Å². The molecule has 156 valence electrons. The predicted octanol–water partition coefficient (Wildman–Crippen LogP) is 3.41. The van der Waals surface area contributed by atoms with Crippen molar-refractivity contribution in [3.8, 4) is 17.2 Å². The lowest BCUT2D eigenvalue weighted by Crippen LogP contribution is -2.15. The van der Waals surface area contributed by atoms with Gasteiger partial charge in [0.1, 0.15) is 22.6 Å². The predicted molar refractivity (Wildman–Crippen MR) is 114 cm³/mol. The first-order valence-corrected chi connectivity index (χ1v) is 10.8. The SMILES string of the molecule is COCc1cc(OC)c2c(NS(=O)(=O)c3c(OC)cccc3OC)noc2c1I. The van der Waals surface area contributed by atoms with Crippen molar-refractivity contribution < 1.29 is 31.9 Å². The van der Waals surface area contributed by atoms with Crippen molar-refractivity contribution in [1.82, 2.24) is 5.16 Å². The minimum Gasteiger partial charge on any atom is -0.496 e. The molecule has 2 aromatic carbocycles. The minimum atomic E-state index is -4.12. The molecule has 29 heavy (non-hydrogen) atoms. The van der Waals surface area contributed by atoms with Gasteiger partial charge in [-0.2, -0.15) is 0 Å². The van der Waals surface area contributed by atoms with Crippen LogP contribution in [0.2, 0.25) is 0 Å². The maximum Gasteiger partial charge on any atom is 0.270 e. The summed E-state index contributed by atoms with van der Waals surface area (Å²) in [5, 5.41) is 4.31. The second-order valence-electron chi connectivity index (χ2n) is 5.82. The lowest BCUT2D eigenvalue weighted by molar-refractivity contribution is 0.184. The zero-order valence-corrected chi connectivity index (χ0v) is 19.1. The fraction of sp³-hybridized carbons (Fsp3) is 0.278. The molecule has 0 unspecified atom stereocenters. The van der Waals surface area contributed by atoms with Crippen molar-refractivity contribution in [3.05, 3.63) is 33.4 Å². The van der Waals surface area contributed by atoms with Gasteiger partial charge in [0.25, 0.3) is 10.0 Å². The second kappa shape index (κ2) is 8.63. The normalized spacial score (nSPS) is 11.5. The highest BCUT2D eigenvalue weighted by Crippen LogP contribution is 2.40. The molecule has 0 radical (unpaired) electrons. The summed E-state index contributed by atoms with van der Waals surface area (Å²) in [5.41, 5.74) is 1.22. The van der Waals surface area contributed by atoms with Gasteiger partial charge in [-0.25, -0.2) is 8.42 Å². The van der Waals surface area contributed by atoms with Crippen molar-refractivity contribution in [1.29, 1.82) is 0 Å². The number of aromatic nitrogens is 1. The highest BCUT2D eigenvalue weighted by molar-refractivity contribution is 14.1. The first-order chi connectivity index (χ1) is 13.9. The number of hydrogen-bond acceptors (Lipinski definition) is 8. The number of nitrogens with zero attached hydrogens (tertiary/aromatic N) is 1. The fourth-order valence-corrected chi connectivity index (χ4v) is 4.87. The highest BCUT2D eigenvalue weighted by Gasteiger charge is 2.28. The van der Waals surface area contributed by atoms with Crippen LogP contribution in [0.5, 0.6) is 17.2 Å². The molecule has 0 aliphatic carbocycles. The third kappa shape index (κ3) is 3.94. The summed E-state index contributed by atoms with van der Waals surface area (Å²) < 4.78 is 55.9. The third-order valence-electron chi connectivity index (χ3n) is 4.13. The van der Waals surface area contributed by atoms with Gasteiger partial charge in [0.05, 0.1) is 31.5 Å². The van der Waals surface area contributed by atoms with E-state index in [1.807, 2.05) is 0 Å². The number of anilines is 1. The number of fused-ring (bicyclic) bond motifs is 1. The standard InChI is InChI=1S/C18H19IN2O7S/c1-24-9-10-8-13(27-4)14-16(15(10)19)28-20-18(14)21-29(22,23)17-11(25-2)6-5-7-12(17)26-3/h5-8H,9H2,1-4H3,(H,20,21). The van der Waals surface area contributed by atoms with E-state index in [0.29, 0.717) is 23.3 Å². The van der Waals surface area contributed by atoms with Gasteiger partial charge < -0.3 is 23.5 Å². The van der Waals surface area contributed by atoms with Crippen molar-refractivity contribution in [2.45, 2.75) is 11.5 Å². The maximum absolute atomic E-state index is 13.1. The van der Waals surface area contributed by atoms with Crippen LogP contribution < -0.4 is 18.9 Å². The Morgan fingerprint density at radius 2 is 1.69 bits per heavy atom. The van der Waals surface area contributed by atoms with Crippen LogP contribution in [-0.4, -0.2) is 42.0 Å². The number of hydrogen-bond donors (Lipinski definition) is 1. The quantitative estimate of drug-likeness (QED) is 0.438. The van der Waals surface area contributed by atoms with E-state index in [2.05, 4.69) is 32.5 Å². The minimum absolute atomic E-state index is 0.00769. The van der Waals surface area contributed by atoms with Crippen LogP contribution in [0.25, 0.3) is 11.0 Å². The van der Waals surface area contributed by atoms with E-state index in [1.54, 1.807) is 19.2 Å². The van der Waals surface area contributed by atoms with Crippen molar-refractivity contribution in [3.63, 3.8) is 0 Å². The molecule has 0 fully saturated rings. The molecule has 0 aliphatic rings. The summed E-state index contributed by atoms with van der Waals surface area (Å²) in [6.07, 6.45) is 0. The summed E-state index contributed by atoms with van der Waals surface area (Å²) in [6.45, 7) is 0.338. The average Bonchev–Trinajstić information content (AvgIpc) is 3.12. The number of halogens is 1. The molecule has 0 saturated carbocycles. The van der Waals surface area contributed by atoms with Gasteiger partial charge in [-0.15, -0.1) is 0 Å². The van der Waals surface area contributed by atoms with Gasteiger partial charge in [-0.1, -0.05) is 11.2 Å². The third-order valence-corrected chi connectivity index (χ3v) is 6.71. The lowest BCUT2D eigenvalue weighted by atomic mass is 10.1. The molecule has 0 bridgehead atoms. The number of nitrogens with one attached hydrogen (secondary N) is 1. The Labute approximate surface area is 181 Å². The molecule has 0 aliphatic heterocycles. The van der Waals surface area contributed by atoms with Crippen LogP contribution in [-0.2, 0) is 21.4 Å². The number of ether oxygens (including phenoxy) is 4. The first-order valence-electron chi connectivity index (χ1n) is 8.25. The second-order valence-corrected chi connectivity index (χ2v) is 8.52. The lowest BCUT2D eigenvalue weighted by Gasteiger charge is -2.14. The highest BCUT2D eigenvalue weighted by atomic mass is 127. The first kappa shape index (κ1) is 21.5. The Morgan fingerprint density at radius 1 is 1.07 bits per heavy atom. The van der Waals surface area contributed by atoms with E-state index in [0.717, 1.165) is 9.13 Å². The van der Waals surface area contributed by atoms with E-state index in [1.165, 1.54) is 33.5 Å². The zero-order valence-electron chi connectivity index (χ0n) is 16.1. The van der Waals surface area contributed by atoms with Gasteiger partial charge in [0, 0.05) is 7.11 Å². The summed E-state index contributed by atoms with van der Waals surface area (Å²) in [7, 11) is 1.69. The van der Waals surface area contributed by atoms with Gasteiger partial charge >= 0.3 is 0 Å². The molecule has 9 nitrogen and oxygen atoms in total. The van der Waals surface area contributed by atoms with Gasteiger partial charge in [-0.3, -0.25) is 4.72 Å². The number of methoxy groups -OCH3 is 4. The van der Waals surface area contributed by atoms with Gasteiger partial charge in [-0.05, 0) is 46.4 Å². The van der Waals surface area contributed by atoms with E-state index in [4.69, 9.17) is 23.5 Å². The van der Waals surface area contributed by atoms with E-state index >= 15 is 0 Å². The van der Waals surface area contributed by atoms with E-state index in [9.17, 15) is 8.42 Å². The molecule has 0 spiro atoms. The molecule has 3 rings (SSSR count). The smallest absolute Gasteiger partial charge is 0.270 e. The molecule has 3 aromatic rings. The molecule has 1 heterocycles. The maximum atomic E-state index is 13.1. The molecule has 0 atom stereocenters. The topological polar surface area (TPSA) is 109 Å². The van der Waals surface area contributed by atoms with Crippen LogP contribution in [0.15, 0.2) is 33.7 Å².